The number of benzene rings is 1. The van der Waals surface area contributed by atoms with E-state index in [1.807, 2.05) is 19.2 Å². The van der Waals surface area contributed by atoms with Crippen LogP contribution in [0.25, 0.3) is 0 Å². The number of quaternary nitrogens is 1. The molecule has 5 heteroatoms. The lowest BCUT2D eigenvalue weighted by Crippen LogP contribution is -3.09. The van der Waals surface area contributed by atoms with Gasteiger partial charge >= 0.3 is 0 Å². The van der Waals surface area contributed by atoms with Crippen LogP contribution in [0.3, 0.4) is 0 Å². The molecule has 0 bridgehead atoms. The normalized spacial score (nSPS) is 17.6. The Morgan fingerprint density at radius 2 is 2.15 bits per heavy atom. The van der Waals surface area contributed by atoms with Crippen LogP contribution in [0, 0.1) is 5.92 Å². The molecule has 1 unspecified atom stereocenters. The van der Waals surface area contributed by atoms with Gasteiger partial charge in [0.1, 0.15) is 6.54 Å². The van der Waals surface area contributed by atoms with Crippen molar-refractivity contribution >= 4 is 29.1 Å². The largest absolute Gasteiger partial charge is 0.348 e. The Bertz CT molecular complexity index is 489. The summed E-state index contributed by atoms with van der Waals surface area (Å²) >= 11 is 12.0. The standard InChI is InChI=1S/C15H20Cl2N2O/c1-10(11-3-4-11)18-15(20)9-19(2)8-12-5-6-13(16)7-14(12)17/h5-7,10-11H,3-4,8-9H2,1-2H3,(H,18,20)/p+1/t10-/m0/s1. The summed E-state index contributed by atoms with van der Waals surface area (Å²) in [4.78, 5) is 13.0. The first-order chi connectivity index (χ1) is 9.45. The Morgan fingerprint density at radius 1 is 1.45 bits per heavy atom. The summed E-state index contributed by atoms with van der Waals surface area (Å²) in [6.07, 6.45) is 2.48. The van der Waals surface area contributed by atoms with Crippen LogP contribution in [0.15, 0.2) is 18.2 Å². The third-order valence-corrected chi connectivity index (χ3v) is 4.27. The van der Waals surface area contributed by atoms with E-state index in [4.69, 9.17) is 23.2 Å². The third kappa shape index (κ3) is 4.65. The molecule has 2 rings (SSSR count). The van der Waals surface area contributed by atoms with Crippen molar-refractivity contribution in [1.82, 2.24) is 5.32 Å². The van der Waals surface area contributed by atoms with E-state index in [2.05, 4.69) is 12.2 Å². The summed E-state index contributed by atoms with van der Waals surface area (Å²) in [6, 6.07) is 5.78. The Balaban J connectivity index is 1.81. The molecule has 0 saturated heterocycles. The molecule has 0 spiro atoms. The molecular weight excluding hydrogens is 295 g/mol. The molecule has 1 aromatic rings. The number of amides is 1. The van der Waals surface area contributed by atoms with Crippen molar-refractivity contribution in [1.29, 1.82) is 0 Å². The molecule has 0 aromatic heterocycles. The first kappa shape index (κ1) is 15.6. The SMILES string of the molecule is C[C@H](NC(=O)C[NH+](C)Cc1ccc(Cl)cc1Cl)C1CC1. The van der Waals surface area contributed by atoms with Gasteiger partial charge in [-0.1, -0.05) is 29.3 Å². The van der Waals surface area contributed by atoms with Crippen molar-refractivity contribution in [2.75, 3.05) is 13.6 Å². The second-order valence-corrected chi connectivity index (χ2v) is 6.58. The molecule has 3 nitrogen and oxygen atoms in total. The van der Waals surface area contributed by atoms with Gasteiger partial charge in [-0.2, -0.15) is 0 Å². The molecule has 1 amide bonds. The number of nitrogens with one attached hydrogen (secondary N) is 2. The Labute approximate surface area is 130 Å². The molecule has 0 heterocycles. The monoisotopic (exact) mass is 315 g/mol. The van der Waals surface area contributed by atoms with E-state index in [1.165, 1.54) is 12.8 Å². The lowest BCUT2D eigenvalue weighted by atomic mass is 10.2. The second-order valence-electron chi connectivity index (χ2n) is 5.74. The average molecular weight is 316 g/mol. The summed E-state index contributed by atoms with van der Waals surface area (Å²) in [5, 5.41) is 4.36. The summed E-state index contributed by atoms with van der Waals surface area (Å²) in [7, 11) is 1.99. The highest BCUT2D eigenvalue weighted by Gasteiger charge is 2.29. The minimum absolute atomic E-state index is 0.104. The summed E-state index contributed by atoms with van der Waals surface area (Å²) in [6.45, 7) is 3.25. The van der Waals surface area contributed by atoms with Crippen LogP contribution in [0.5, 0.6) is 0 Å². The van der Waals surface area contributed by atoms with Crippen molar-refractivity contribution in [2.45, 2.75) is 32.4 Å². The van der Waals surface area contributed by atoms with Crippen molar-refractivity contribution in [2.24, 2.45) is 5.92 Å². The zero-order chi connectivity index (χ0) is 14.7. The van der Waals surface area contributed by atoms with Gasteiger partial charge in [-0.25, -0.2) is 0 Å². The third-order valence-electron chi connectivity index (χ3n) is 3.69. The fourth-order valence-corrected chi connectivity index (χ4v) is 2.82. The Hall–Kier alpha value is -0.770. The van der Waals surface area contributed by atoms with Crippen LogP contribution in [0.1, 0.15) is 25.3 Å². The van der Waals surface area contributed by atoms with E-state index in [1.54, 1.807) is 6.07 Å². The van der Waals surface area contributed by atoms with E-state index in [0.29, 0.717) is 35.1 Å². The van der Waals surface area contributed by atoms with Crippen LogP contribution in [0.2, 0.25) is 10.0 Å². The molecule has 2 N–H and O–H groups in total. The topological polar surface area (TPSA) is 33.5 Å². The van der Waals surface area contributed by atoms with Crippen LogP contribution in [-0.4, -0.2) is 25.5 Å². The van der Waals surface area contributed by atoms with Crippen molar-refractivity contribution in [3.8, 4) is 0 Å². The lowest BCUT2D eigenvalue weighted by Gasteiger charge is -2.17. The number of carbonyl (C=O) groups excluding carboxylic acids is 1. The molecule has 110 valence electrons. The zero-order valence-corrected chi connectivity index (χ0v) is 13.4. The highest BCUT2D eigenvalue weighted by atomic mass is 35.5. The van der Waals surface area contributed by atoms with Crippen LogP contribution >= 0.6 is 23.2 Å². The summed E-state index contributed by atoms with van der Waals surface area (Å²) in [5.74, 6) is 0.789. The van der Waals surface area contributed by atoms with Crippen LogP contribution in [-0.2, 0) is 11.3 Å². The van der Waals surface area contributed by atoms with Crippen LogP contribution < -0.4 is 10.2 Å². The van der Waals surface area contributed by atoms with Gasteiger partial charge in [0.2, 0.25) is 0 Å². The maximum Gasteiger partial charge on any atom is 0.275 e. The molecule has 2 atom stereocenters. The predicted octanol–water partition coefficient (Wildman–Crippen LogP) is 1.92. The minimum atomic E-state index is 0.104. The van der Waals surface area contributed by atoms with Crippen molar-refractivity contribution < 1.29 is 9.69 Å². The zero-order valence-electron chi connectivity index (χ0n) is 11.9. The molecule has 1 aromatic carbocycles. The maximum absolute atomic E-state index is 11.9. The molecule has 1 aliphatic carbocycles. The smallest absolute Gasteiger partial charge is 0.275 e. The van der Waals surface area contributed by atoms with E-state index < -0.39 is 0 Å². The second kappa shape index (κ2) is 6.79. The molecule has 1 saturated carbocycles. The van der Waals surface area contributed by atoms with Gasteiger partial charge in [0, 0.05) is 16.6 Å². The van der Waals surface area contributed by atoms with E-state index >= 15 is 0 Å². The minimum Gasteiger partial charge on any atom is -0.348 e. The van der Waals surface area contributed by atoms with Crippen molar-refractivity contribution in [3.63, 3.8) is 0 Å². The highest BCUT2D eigenvalue weighted by Crippen LogP contribution is 2.32. The molecule has 0 aliphatic heterocycles. The van der Waals surface area contributed by atoms with E-state index in [9.17, 15) is 4.79 Å². The maximum atomic E-state index is 11.9. The average Bonchev–Trinajstić information content (AvgIpc) is 3.16. The van der Waals surface area contributed by atoms with Gasteiger partial charge < -0.3 is 10.2 Å². The quantitative estimate of drug-likeness (QED) is 0.826. The fraction of sp³-hybridized carbons (Fsp3) is 0.533. The molecular formula is C15H21Cl2N2O+. The number of carbonyl (C=O) groups is 1. The highest BCUT2D eigenvalue weighted by molar-refractivity contribution is 6.35. The number of rotatable bonds is 6. The fourth-order valence-electron chi connectivity index (χ4n) is 2.35. The van der Waals surface area contributed by atoms with E-state index in [0.717, 1.165) is 10.5 Å². The van der Waals surface area contributed by atoms with Gasteiger partial charge in [0.05, 0.1) is 12.1 Å². The number of hydrogen-bond acceptors (Lipinski definition) is 1. The number of hydrogen-bond donors (Lipinski definition) is 2. The molecule has 1 aliphatic rings. The predicted molar refractivity (Wildman–Crippen MR) is 82.2 cm³/mol. The van der Waals surface area contributed by atoms with Gasteiger partial charge in [0.25, 0.3) is 5.91 Å². The Morgan fingerprint density at radius 3 is 2.75 bits per heavy atom. The summed E-state index contributed by atoms with van der Waals surface area (Å²) < 4.78 is 0. The molecule has 1 fully saturated rings. The summed E-state index contributed by atoms with van der Waals surface area (Å²) in [5.41, 5.74) is 1.01. The molecule has 20 heavy (non-hydrogen) atoms. The molecule has 0 radical (unpaired) electrons. The first-order valence-electron chi connectivity index (χ1n) is 7.00. The van der Waals surface area contributed by atoms with Gasteiger partial charge in [0.15, 0.2) is 6.54 Å². The van der Waals surface area contributed by atoms with E-state index in [-0.39, 0.29) is 5.91 Å². The lowest BCUT2D eigenvalue weighted by molar-refractivity contribution is -0.885. The van der Waals surface area contributed by atoms with Gasteiger partial charge in [-0.15, -0.1) is 0 Å². The first-order valence-corrected chi connectivity index (χ1v) is 7.76. The van der Waals surface area contributed by atoms with Crippen molar-refractivity contribution in [3.05, 3.63) is 33.8 Å². The van der Waals surface area contributed by atoms with Crippen LogP contribution in [0.4, 0.5) is 0 Å². The number of halogens is 2. The van der Waals surface area contributed by atoms with Gasteiger partial charge in [-0.3, -0.25) is 4.79 Å². The Kier molecular flexibility index (Phi) is 5.30. The number of likely N-dealkylation sites (N-methyl/N-ethyl adjacent to an activating group) is 1. The van der Waals surface area contributed by atoms with Gasteiger partial charge in [-0.05, 0) is 37.8 Å².